The summed E-state index contributed by atoms with van der Waals surface area (Å²) in [6.45, 7) is 0. The van der Waals surface area contributed by atoms with Crippen molar-refractivity contribution in [3.63, 3.8) is 0 Å². The zero-order valence-electron chi connectivity index (χ0n) is 13.3. The molecular formula is C20H20O3. The molecular weight excluding hydrogens is 288 g/mol. The Kier molecular flexibility index (Phi) is 6.07. The van der Waals surface area contributed by atoms with Gasteiger partial charge in [0.05, 0.1) is 14.2 Å². The Labute approximate surface area is 136 Å². The summed E-state index contributed by atoms with van der Waals surface area (Å²) in [4.78, 5) is 0. The fourth-order valence-corrected chi connectivity index (χ4v) is 2.13. The van der Waals surface area contributed by atoms with E-state index in [-0.39, 0.29) is 5.75 Å². The minimum atomic E-state index is 0.0897. The van der Waals surface area contributed by atoms with Gasteiger partial charge in [0.1, 0.15) is 0 Å². The van der Waals surface area contributed by atoms with Gasteiger partial charge in [0, 0.05) is 0 Å². The minimum absolute atomic E-state index is 0.0897. The van der Waals surface area contributed by atoms with E-state index in [1.807, 2.05) is 12.1 Å². The molecule has 0 saturated heterocycles. The number of aromatic hydroxyl groups is 1. The summed E-state index contributed by atoms with van der Waals surface area (Å²) in [5, 5.41) is 9.22. The van der Waals surface area contributed by atoms with Crippen molar-refractivity contribution < 1.29 is 14.6 Å². The first-order valence-corrected chi connectivity index (χ1v) is 7.26. The van der Waals surface area contributed by atoms with Crippen LogP contribution in [0.15, 0.2) is 78.9 Å². The summed E-state index contributed by atoms with van der Waals surface area (Å²) >= 11 is 0. The van der Waals surface area contributed by atoms with Gasteiger partial charge in [-0.3, -0.25) is 0 Å². The van der Waals surface area contributed by atoms with E-state index in [9.17, 15) is 5.11 Å². The van der Waals surface area contributed by atoms with Crippen LogP contribution in [0.4, 0.5) is 0 Å². The Morgan fingerprint density at radius 3 is 1.52 bits per heavy atom. The molecule has 0 radical (unpaired) electrons. The van der Waals surface area contributed by atoms with E-state index in [0.717, 1.165) is 0 Å². The molecule has 3 heteroatoms. The van der Waals surface area contributed by atoms with Gasteiger partial charge in [-0.15, -0.1) is 0 Å². The molecule has 23 heavy (non-hydrogen) atoms. The van der Waals surface area contributed by atoms with E-state index in [2.05, 4.69) is 48.5 Å². The average Bonchev–Trinajstić information content (AvgIpc) is 2.63. The van der Waals surface area contributed by atoms with Crippen molar-refractivity contribution in [3.8, 4) is 28.4 Å². The average molecular weight is 308 g/mol. The van der Waals surface area contributed by atoms with Crippen LogP contribution in [0.2, 0.25) is 0 Å². The molecule has 1 N–H and O–H groups in total. The van der Waals surface area contributed by atoms with E-state index >= 15 is 0 Å². The van der Waals surface area contributed by atoms with Crippen molar-refractivity contribution in [1.29, 1.82) is 0 Å². The Bertz CT molecular complexity index is 672. The molecule has 0 fully saturated rings. The molecule has 0 amide bonds. The van der Waals surface area contributed by atoms with Gasteiger partial charge in [0.15, 0.2) is 11.5 Å². The van der Waals surface area contributed by atoms with Gasteiger partial charge in [-0.2, -0.15) is 0 Å². The van der Waals surface area contributed by atoms with Crippen LogP contribution in [0.25, 0.3) is 11.1 Å². The minimum Gasteiger partial charge on any atom is -0.504 e. The second kappa shape index (κ2) is 8.49. The van der Waals surface area contributed by atoms with E-state index in [1.54, 1.807) is 18.2 Å². The maximum absolute atomic E-state index is 9.22. The highest BCUT2D eigenvalue weighted by Crippen LogP contribution is 2.35. The maximum Gasteiger partial charge on any atom is 0.203 e. The van der Waals surface area contributed by atoms with Crippen LogP contribution in [0.3, 0.4) is 0 Å². The number of phenolic OH excluding ortho intramolecular Hbond substituents is 1. The highest BCUT2D eigenvalue weighted by Gasteiger charge is 2.06. The lowest BCUT2D eigenvalue weighted by Crippen LogP contribution is -1.89. The molecule has 0 saturated carbocycles. The highest BCUT2D eigenvalue weighted by molar-refractivity contribution is 5.62. The molecule has 0 spiro atoms. The normalized spacial score (nSPS) is 9.48. The summed E-state index contributed by atoms with van der Waals surface area (Å²) in [6, 6.07) is 25.7. The number of rotatable bonds is 3. The quantitative estimate of drug-likeness (QED) is 0.758. The second-order valence-electron chi connectivity index (χ2n) is 4.74. The smallest absolute Gasteiger partial charge is 0.203 e. The van der Waals surface area contributed by atoms with Gasteiger partial charge >= 0.3 is 0 Å². The fraction of sp³-hybridized carbons (Fsp3) is 0.100. The first kappa shape index (κ1) is 16.4. The molecule has 118 valence electrons. The van der Waals surface area contributed by atoms with Gasteiger partial charge < -0.3 is 14.6 Å². The molecule has 0 aliphatic carbocycles. The molecule has 0 aliphatic heterocycles. The number of hydrogen-bond acceptors (Lipinski definition) is 3. The van der Waals surface area contributed by atoms with Crippen molar-refractivity contribution >= 4 is 0 Å². The predicted octanol–water partition coefficient (Wildman–Crippen LogP) is 4.76. The molecule has 0 heterocycles. The maximum atomic E-state index is 9.22. The number of benzene rings is 3. The van der Waals surface area contributed by atoms with Crippen molar-refractivity contribution in [2.45, 2.75) is 0 Å². The molecule has 0 aromatic heterocycles. The topological polar surface area (TPSA) is 38.7 Å². The Morgan fingerprint density at radius 2 is 1.13 bits per heavy atom. The zero-order chi connectivity index (χ0) is 16.5. The van der Waals surface area contributed by atoms with E-state index in [4.69, 9.17) is 9.47 Å². The predicted molar refractivity (Wildman–Crippen MR) is 93.1 cm³/mol. The standard InChI is InChI=1S/C12H10.C8H10O3/c1-3-7-11(8-4-1)12-9-5-2-6-10-12;1-10-7-5-3-4-6(9)8(7)11-2/h1-10H;3-5,9H,1-2H3. The molecule has 3 aromatic carbocycles. The Hall–Kier alpha value is -2.94. The van der Waals surface area contributed by atoms with Gasteiger partial charge in [-0.05, 0) is 23.3 Å². The SMILES string of the molecule is COc1cccc(O)c1OC.c1ccc(-c2ccccc2)cc1. The summed E-state index contributed by atoms with van der Waals surface area (Å²) in [7, 11) is 3.01. The molecule has 0 aliphatic rings. The van der Waals surface area contributed by atoms with Gasteiger partial charge in [0.25, 0.3) is 0 Å². The molecule has 0 atom stereocenters. The third-order valence-electron chi connectivity index (χ3n) is 3.26. The number of ether oxygens (including phenoxy) is 2. The van der Waals surface area contributed by atoms with Crippen LogP contribution in [-0.4, -0.2) is 19.3 Å². The summed E-state index contributed by atoms with van der Waals surface area (Å²) < 4.78 is 9.82. The van der Waals surface area contributed by atoms with Crippen molar-refractivity contribution in [2.75, 3.05) is 14.2 Å². The second-order valence-corrected chi connectivity index (χ2v) is 4.74. The van der Waals surface area contributed by atoms with Gasteiger partial charge in [-0.1, -0.05) is 66.7 Å². The van der Waals surface area contributed by atoms with Gasteiger partial charge in [-0.25, -0.2) is 0 Å². The van der Waals surface area contributed by atoms with Gasteiger partial charge in [0.2, 0.25) is 5.75 Å². The molecule has 3 nitrogen and oxygen atoms in total. The third-order valence-corrected chi connectivity index (χ3v) is 3.26. The van der Waals surface area contributed by atoms with Crippen molar-refractivity contribution in [2.24, 2.45) is 0 Å². The number of para-hydroxylation sites is 1. The van der Waals surface area contributed by atoms with Crippen LogP contribution in [0.5, 0.6) is 17.2 Å². The summed E-state index contributed by atoms with van der Waals surface area (Å²) in [6.07, 6.45) is 0. The lowest BCUT2D eigenvalue weighted by atomic mass is 10.1. The van der Waals surface area contributed by atoms with Crippen LogP contribution < -0.4 is 9.47 Å². The van der Waals surface area contributed by atoms with Crippen molar-refractivity contribution in [3.05, 3.63) is 78.9 Å². The number of hydrogen-bond donors (Lipinski definition) is 1. The zero-order valence-corrected chi connectivity index (χ0v) is 13.3. The summed E-state index contributed by atoms with van der Waals surface area (Å²) in [5.41, 5.74) is 2.55. The van der Waals surface area contributed by atoms with Crippen molar-refractivity contribution in [1.82, 2.24) is 0 Å². The van der Waals surface area contributed by atoms with Crippen LogP contribution in [0.1, 0.15) is 0 Å². The monoisotopic (exact) mass is 308 g/mol. The molecule has 3 rings (SSSR count). The Balaban J connectivity index is 0.000000168. The molecule has 3 aromatic rings. The summed E-state index contributed by atoms with van der Waals surface area (Å²) in [5.74, 6) is 0.995. The lowest BCUT2D eigenvalue weighted by molar-refractivity contribution is 0.333. The van der Waals surface area contributed by atoms with E-state index in [1.165, 1.54) is 25.3 Å². The largest absolute Gasteiger partial charge is 0.504 e. The first-order valence-electron chi connectivity index (χ1n) is 7.26. The van der Waals surface area contributed by atoms with Crippen LogP contribution in [-0.2, 0) is 0 Å². The molecule has 0 unspecified atom stereocenters. The van der Waals surface area contributed by atoms with E-state index in [0.29, 0.717) is 11.5 Å². The van der Waals surface area contributed by atoms with Crippen LogP contribution >= 0.6 is 0 Å². The number of methoxy groups -OCH3 is 2. The fourth-order valence-electron chi connectivity index (χ4n) is 2.13. The van der Waals surface area contributed by atoms with E-state index < -0.39 is 0 Å². The third kappa shape index (κ3) is 4.51. The number of phenols is 1. The molecule has 0 bridgehead atoms. The highest BCUT2D eigenvalue weighted by atomic mass is 16.5. The lowest BCUT2D eigenvalue weighted by Gasteiger charge is -2.07. The first-order chi connectivity index (χ1) is 11.3. The van der Waals surface area contributed by atoms with Crippen LogP contribution in [0, 0.1) is 0 Å². The Morgan fingerprint density at radius 1 is 0.609 bits per heavy atom.